The standard InChI is InChI=1S/C15H24N2O2/c1-4-12(3)17-15(18)16-10-13-8-6-7-9-14(13)11-19-5-2/h6-9,12H,4-5,10-11H2,1-3H3,(H2,16,17,18)/t12-/m1/s1. The number of hydrogen-bond acceptors (Lipinski definition) is 2. The molecule has 2 N–H and O–H groups in total. The molecule has 19 heavy (non-hydrogen) atoms. The van der Waals surface area contributed by atoms with Crippen LogP contribution in [0.4, 0.5) is 4.79 Å². The number of benzene rings is 1. The van der Waals surface area contributed by atoms with Crippen molar-refractivity contribution < 1.29 is 9.53 Å². The number of ether oxygens (including phenoxy) is 1. The Balaban J connectivity index is 2.50. The Kier molecular flexibility index (Phi) is 6.97. The van der Waals surface area contributed by atoms with Crippen LogP contribution >= 0.6 is 0 Å². The van der Waals surface area contributed by atoms with Gasteiger partial charge in [0.25, 0.3) is 0 Å². The van der Waals surface area contributed by atoms with Gasteiger partial charge in [-0.3, -0.25) is 0 Å². The van der Waals surface area contributed by atoms with Gasteiger partial charge in [0.15, 0.2) is 0 Å². The topological polar surface area (TPSA) is 50.4 Å². The highest BCUT2D eigenvalue weighted by Gasteiger charge is 2.06. The highest BCUT2D eigenvalue weighted by molar-refractivity contribution is 5.74. The summed E-state index contributed by atoms with van der Waals surface area (Å²) < 4.78 is 5.42. The van der Waals surface area contributed by atoms with Crippen LogP contribution in [0.15, 0.2) is 24.3 Å². The maximum atomic E-state index is 11.7. The van der Waals surface area contributed by atoms with Crippen molar-refractivity contribution in [1.82, 2.24) is 10.6 Å². The first-order chi connectivity index (χ1) is 9.17. The van der Waals surface area contributed by atoms with Crippen molar-refractivity contribution in [2.45, 2.75) is 46.4 Å². The van der Waals surface area contributed by atoms with E-state index in [4.69, 9.17) is 4.74 Å². The smallest absolute Gasteiger partial charge is 0.315 e. The third-order valence-corrected chi connectivity index (χ3v) is 3.01. The Morgan fingerprint density at radius 1 is 1.26 bits per heavy atom. The first kappa shape index (κ1) is 15.5. The van der Waals surface area contributed by atoms with Crippen molar-refractivity contribution >= 4 is 6.03 Å². The number of nitrogens with one attached hydrogen (secondary N) is 2. The van der Waals surface area contributed by atoms with Gasteiger partial charge in [-0.25, -0.2) is 4.79 Å². The lowest BCUT2D eigenvalue weighted by atomic mass is 10.1. The molecular weight excluding hydrogens is 240 g/mol. The van der Waals surface area contributed by atoms with Gasteiger partial charge in [0.05, 0.1) is 6.61 Å². The van der Waals surface area contributed by atoms with Gasteiger partial charge in [-0.1, -0.05) is 31.2 Å². The van der Waals surface area contributed by atoms with Gasteiger partial charge in [-0.2, -0.15) is 0 Å². The Morgan fingerprint density at radius 3 is 2.58 bits per heavy atom. The van der Waals surface area contributed by atoms with E-state index >= 15 is 0 Å². The third-order valence-electron chi connectivity index (χ3n) is 3.01. The van der Waals surface area contributed by atoms with Crippen molar-refractivity contribution in [1.29, 1.82) is 0 Å². The fourth-order valence-corrected chi connectivity index (χ4v) is 1.64. The van der Waals surface area contributed by atoms with Crippen LogP contribution in [0.5, 0.6) is 0 Å². The van der Waals surface area contributed by atoms with Gasteiger partial charge >= 0.3 is 6.03 Å². The lowest BCUT2D eigenvalue weighted by molar-refractivity contribution is 0.133. The van der Waals surface area contributed by atoms with Crippen LogP contribution in [0.3, 0.4) is 0 Å². The average Bonchev–Trinajstić information content (AvgIpc) is 2.43. The summed E-state index contributed by atoms with van der Waals surface area (Å²) in [5.74, 6) is 0. The number of hydrogen-bond donors (Lipinski definition) is 2. The third kappa shape index (κ3) is 5.75. The van der Waals surface area contributed by atoms with E-state index in [-0.39, 0.29) is 12.1 Å². The van der Waals surface area contributed by atoms with E-state index < -0.39 is 0 Å². The molecule has 2 amide bonds. The van der Waals surface area contributed by atoms with E-state index in [1.807, 2.05) is 45.0 Å². The molecule has 0 aliphatic carbocycles. The molecule has 0 unspecified atom stereocenters. The van der Waals surface area contributed by atoms with E-state index in [0.29, 0.717) is 19.8 Å². The van der Waals surface area contributed by atoms with Crippen molar-refractivity contribution in [3.63, 3.8) is 0 Å². The van der Waals surface area contributed by atoms with Crippen LogP contribution in [0, 0.1) is 0 Å². The van der Waals surface area contributed by atoms with Gasteiger partial charge in [0.2, 0.25) is 0 Å². The Labute approximate surface area is 115 Å². The molecule has 0 spiro atoms. The molecule has 1 rings (SSSR count). The zero-order chi connectivity index (χ0) is 14.1. The number of rotatable bonds is 7. The molecule has 0 radical (unpaired) electrons. The molecule has 4 heteroatoms. The van der Waals surface area contributed by atoms with Crippen LogP contribution in [0.1, 0.15) is 38.3 Å². The van der Waals surface area contributed by atoms with E-state index in [1.54, 1.807) is 0 Å². The largest absolute Gasteiger partial charge is 0.377 e. The zero-order valence-corrected chi connectivity index (χ0v) is 12.0. The number of urea groups is 1. The maximum Gasteiger partial charge on any atom is 0.315 e. The van der Waals surface area contributed by atoms with Crippen molar-refractivity contribution in [3.05, 3.63) is 35.4 Å². The van der Waals surface area contributed by atoms with E-state index in [0.717, 1.165) is 17.5 Å². The predicted octanol–water partition coefficient (Wildman–Crippen LogP) is 2.82. The van der Waals surface area contributed by atoms with E-state index in [2.05, 4.69) is 10.6 Å². The molecule has 0 fully saturated rings. The maximum absolute atomic E-state index is 11.7. The Hall–Kier alpha value is -1.55. The van der Waals surface area contributed by atoms with Gasteiger partial charge in [-0.05, 0) is 31.4 Å². The second kappa shape index (κ2) is 8.53. The Morgan fingerprint density at radius 2 is 1.95 bits per heavy atom. The summed E-state index contributed by atoms with van der Waals surface area (Å²) in [5, 5.41) is 5.76. The summed E-state index contributed by atoms with van der Waals surface area (Å²) in [6.07, 6.45) is 0.925. The quantitative estimate of drug-likeness (QED) is 0.795. The Bertz CT molecular complexity index is 393. The van der Waals surface area contributed by atoms with Crippen LogP contribution in [-0.4, -0.2) is 18.7 Å². The van der Waals surface area contributed by atoms with Crippen molar-refractivity contribution in [3.8, 4) is 0 Å². The van der Waals surface area contributed by atoms with Crippen LogP contribution < -0.4 is 10.6 Å². The molecule has 1 atom stereocenters. The van der Waals surface area contributed by atoms with Gasteiger partial charge in [0, 0.05) is 19.2 Å². The van der Waals surface area contributed by atoms with Gasteiger partial charge in [-0.15, -0.1) is 0 Å². The summed E-state index contributed by atoms with van der Waals surface area (Å²) in [5.41, 5.74) is 2.21. The lowest BCUT2D eigenvalue weighted by Crippen LogP contribution is -2.40. The predicted molar refractivity (Wildman–Crippen MR) is 76.9 cm³/mol. The number of amides is 2. The number of carbonyl (C=O) groups is 1. The highest BCUT2D eigenvalue weighted by atomic mass is 16.5. The molecule has 1 aromatic carbocycles. The minimum absolute atomic E-state index is 0.124. The molecule has 0 saturated heterocycles. The molecule has 0 aliphatic rings. The summed E-state index contributed by atoms with van der Waals surface area (Å²) in [4.78, 5) is 11.7. The average molecular weight is 264 g/mol. The fraction of sp³-hybridized carbons (Fsp3) is 0.533. The first-order valence-corrected chi connectivity index (χ1v) is 6.86. The van der Waals surface area contributed by atoms with Crippen LogP contribution in [0.2, 0.25) is 0 Å². The molecule has 106 valence electrons. The minimum atomic E-state index is -0.124. The molecule has 0 bridgehead atoms. The van der Waals surface area contributed by atoms with E-state index in [9.17, 15) is 4.79 Å². The molecular formula is C15H24N2O2. The fourth-order valence-electron chi connectivity index (χ4n) is 1.64. The van der Waals surface area contributed by atoms with Crippen molar-refractivity contribution in [2.24, 2.45) is 0 Å². The van der Waals surface area contributed by atoms with Gasteiger partial charge in [0.1, 0.15) is 0 Å². The van der Waals surface area contributed by atoms with Crippen LogP contribution in [-0.2, 0) is 17.9 Å². The molecule has 0 aliphatic heterocycles. The molecule has 0 aromatic heterocycles. The molecule has 0 saturated carbocycles. The van der Waals surface area contributed by atoms with Crippen molar-refractivity contribution in [2.75, 3.05) is 6.61 Å². The van der Waals surface area contributed by atoms with Gasteiger partial charge < -0.3 is 15.4 Å². The first-order valence-electron chi connectivity index (χ1n) is 6.86. The monoisotopic (exact) mass is 264 g/mol. The molecule has 1 aromatic rings. The summed E-state index contributed by atoms with van der Waals surface area (Å²) in [7, 11) is 0. The highest BCUT2D eigenvalue weighted by Crippen LogP contribution is 2.09. The second-order valence-electron chi connectivity index (χ2n) is 4.54. The summed E-state index contributed by atoms with van der Waals surface area (Å²) in [6, 6.07) is 8.06. The van der Waals surface area contributed by atoms with Crippen LogP contribution in [0.25, 0.3) is 0 Å². The zero-order valence-electron chi connectivity index (χ0n) is 12.0. The summed E-state index contributed by atoms with van der Waals surface area (Å²) >= 11 is 0. The molecule has 4 nitrogen and oxygen atoms in total. The number of carbonyl (C=O) groups excluding carboxylic acids is 1. The molecule has 0 heterocycles. The lowest BCUT2D eigenvalue weighted by Gasteiger charge is -2.14. The van der Waals surface area contributed by atoms with E-state index in [1.165, 1.54) is 0 Å². The minimum Gasteiger partial charge on any atom is -0.377 e. The SMILES string of the molecule is CCOCc1ccccc1CNC(=O)N[C@H](C)CC. The summed E-state index contributed by atoms with van der Waals surface area (Å²) in [6.45, 7) is 7.80. The normalized spacial score (nSPS) is 11.9. The second-order valence-corrected chi connectivity index (χ2v) is 4.54.